The molecule has 0 N–H and O–H groups in total. The molecule has 0 radical (unpaired) electrons. The lowest BCUT2D eigenvalue weighted by molar-refractivity contribution is -0.168. The van der Waals surface area contributed by atoms with Crippen molar-refractivity contribution in [2.24, 2.45) is 11.3 Å². The Morgan fingerprint density at radius 2 is 1.70 bits per heavy atom. The van der Waals surface area contributed by atoms with E-state index in [9.17, 15) is 4.79 Å². The van der Waals surface area contributed by atoms with Crippen LogP contribution in [0.25, 0.3) is 0 Å². The van der Waals surface area contributed by atoms with Crippen molar-refractivity contribution in [3.8, 4) is 0 Å². The van der Waals surface area contributed by atoms with Crippen molar-refractivity contribution < 1.29 is 9.53 Å². The van der Waals surface area contributed by atoms with Crippen LogP contribution in [-0.2, 0) is 9.53 Å². The zero-order valence-electron chi connectivity index (χ0n) is 14.4. The molecule has 2 nitrogen and oxygen atoms in total. The molecule has 0 saturated heterocycles. The Bertz CT molecular complexity index is 337. The van der Waals surface area contributed by atoms with Gasteiger partial charge in [-0.2, -0.15) is 0 Å². The maximum Gasteiger partial charge on any atom is 0.316 e. The van der Waals surface area contributed by atoms with E-state index >= 15 is 0 Å². The minimum absolute atomic E-state index is 0.0314. The van der Waals surface area contributed by atoms with Crippen LogP contribution in [0.1, 0.15) is 73.6 Å². The van der Waals surface area contributed by atoms with Gasteiger partial charge < -0.3 is 4.74 Å². The normalized spacial score (nSPS) is 22.4. The predicted molar refractivity (Wildman–Crippen MR) is 88.8 cm³/mol. The highest BCUT2D eigenvalue weighted by atomic mass is 31.1. The number of rotatable bonds is 5. The maximum absolute atomic E-state index is 12.8. The molecule has 1 aliphatic carbocycles. The van der Waals surface area contributed by atoms with Crippen LogP contribution in [-0.4, -0.2) is 23.4 Å². The second-order valence-electron chi connectivity index (χ2n) is 8.14. The summed E-state index contributed by atoms with van der Waals surface area (Å²) in [6.07, 6.45) is 5.34. The molecular formula is C17H33O2P. The molecule has 1 fully saturated rings. The molecule has 1 saturated carbocycles. The van der Waals surface area contributed by atoms with Gasteiger partial charge in [0.15, 0.2) is 0 Å². The van der Waals surface area contributed by atoms with Crippen LogP contribution in [0, 0.1) is 11.3 Å². The summed E-state index contributed by atoms with van der Waals surface area (Å²) in [5.41, 5.74) is -0.0483. The third-order valence-corrected chi connectivity index (χ3v) is 6.17. The minimum atomic E-state index is -0.331. The van der Waals surface area contributed by atoms with Crippen LogP contribution in [0.3, 0.4) is 0 Å². The van der Waals surface area contributed by atoms with E-state index in [0.29, 0.717) is 14.5 Å². The molecule has 0 aromatic rings. The molecule has 0 aromatic heterocycles. The van der Waals surface area contributed by atoms with Crippen LogP contribution < -0.4 is 0 Å². The van der Waals surface area contributed by atoms with Gasteiger partial charge in [-0.1, -0.05) is 34.6 Å². The lowest BCUT2D eigenvalue weighted by Crippen LogP contribution is -2.45. The first kappa shape index (κ1) is 18.0. The SMILES string of the molecule is CPC(C)(CC(C)(C)C)C(=O)OC1(C(C)C)CCCC1. The van der Waals surface area contributed by atoms with Crippen molar-refractivity contribution in [3.05, 3.63) is 0 Å². The monoisotopic (exact) mass is 300 g/mol. The van der Waals surface area contributed by atoms with E-state index in [-0.39, 0.29) is 22.1 Å². The van der Waals surface area contributed by atoms with E-state index in [4.69, 9.17) is 4.74 Å². The summed E-state index contributed by atoms with van der Waals surface area (Å²) in [6, 6.07) is 0. The van der Waals surface area contributed by atoms with E-state index in [1.54, 1.807) is 0 Å². The summed E-state index contributed by atoms with van der Waals surface area (Å²) in [4.78, 5) is 12.8. The Hall–Kier alpha value is -0.100. The molecule has 0 aliphatic heterocycles. The largest absolute Gasteiger partial charge is 0.458 e. The average molecular weight is 300 g/mol. The average Bonchev–Trinajstić information content (AvgIpc) is 2.76. The van der Waals surface area contributed by atoms with Crippen molar-refractivity contribution >= 4 is 14.6 Å². The summed E-state index contributed by atoms with van der Waals surface area (Å²) in [5.74, 6) is 0.442. The molecule has 0 aromatic carbocycles. The molecule has 2 unspecified atom stereocenters. The first-order chi connectivity index (χ1) is 9.05. The topological polar surface area (TPSA) is 26.3 Å². The molecule has 0 bridgehead atoms. The lowest BCUT2D eigenvalue weighted by atomic mass is 9.84. The van der Waals surface area contributed by atoms with Gasteiger partial charge >= 0.3 is 5.97 Å². The molecule has 0 spiro atoms. The quantitative estimate of drug-likeness (QED) is 0.527. The molecular weight excluding hydrogens is 267 g/mol. The molecule has 20 heavy (non-hydrogen) atoms. The van der Waals surface area contributed by atoms with Crippen LogP contribution in [0.5, 0.6) is 0 Å². The van der Waals surface area contributed by atoms with Crippen molar-refractivity contribution in [1.82, 2.24) is 0 Å². The van der Waals surface area contributed by atoms with Gasteiger partial charge in [-0.3, -0.25) is 4.79 Å². The number of carbonyl (C=O) groups is 1. The fraction of sp³-hybridized carbons (Fsp3) is 0.941. The summed E-state index contributed by atoms with van der Waals surface area (Å²) in [5, 5.41) is -0.331. The van der Waals surface area contributed by atoms with Crippen molar-refractivity contribution in [1.29, 1.82) is 0 Å². The fourth-order valence-corrected chi connectivity index (χ4v) is 4.35. The number of hydrogen-bond donors (Lipinski definition) is 0. The fourth-order valence-electron chi connectivity index (χ4n) is 3.39. The number of hydrogen-bond acceptors (Lipinski definition) is 2. The highest BCUT2D eigenvalue weighted by Gasteiger charge is 2.45. The Balaban J connectivity index is 2.86. The molecule has 118 valence electrons. The van der Waals surface area contributed by atoms with Gasteiger partial charge in [-0.15, -0.1) is 8.58 Å². The minimum Gasteiger partial charge on any atom is -0.458 e. The maximum atomic E-state index is 12.8. The summed E-state index contributed by atoms with van der Waals surface area (Å²) in [7, 11) is 0.584. The number of ether oxygens (including phenoxy) is 1. The zero-order chi connectivity index (χ0) is 15.6. The van der Waals surface area contributed by atoms with Crippen LogP contribution >= 0.6 is 8.58 Å². The predicted octanol–water partition coefficient (Wildman–Crippen LogP) is 5.00. The number of carbonyl (C=O) groups excluding carboxylic acids is 1. The Morgan fingerprint density at radius 1 is 1.20 bits per heavy atom. The Morgan fingerprint density at radius 3 is 2.05 bits per heavy atom. The van der Waals surface area contributed by atoms with Crippen LogP contribution in [0.4, 0.5) is 0 Å². The van der Waals surface area contributed by atoms with Crippen molar-refractivity contribution in [2.75, 3.05) is 6.66 Å². The second-order valence-corrected chi connectivity index (χ2v) is 9.74. The Labute approximate surface area is 127 Å². The molecule has 2 atom stereocenters. The standard InChI is InChI=1S/C17H33O2P/c1-13(2)17(10-8-9-11-17)19-14(18)16(6,20-7)12-15(3,4)5/h13,20H,8-12H2,1-7H3. The van der Waals surface area contributed by atoms with E-state index in [1.165, 1.54) is 12.8 Å². The molecule has 0 amide bonds. The van der Waals surface area contributed by atoms with Gasteiger partial charge in [0.25, 0.3) is 0 Å². The lowest BCUT2D eigenvalue weighted by Gasteiger charge is -2.39. The van der Waals surface area contributed by atoms with Gasteiger partial charge in [0.2, 0.25) is 0 Å². The summed E-state index contributed by atoms with van der Waals surface area (Å²) >= 11 is 0. The smallest absolute Gasteiger partial charge is 0.316 e. The Kier molecular flexibility index (Phi) is 5.69. The molecule has 1 aliphatic rings. The summed E-state index contributed by atoms with van der Waals surface area (Å²) in [6.45, 7) is 15.2. The number of esters is 1. The van der Waals surface area contributed by atoms with E-state index in [2.05, 4.69) is 48.2 Å². The van der Waals surface area contributed by atoms with Crippen molar-refractivity contribution in [3.63, 3.8) is 0 Å². The van der Waals surface area contributed by atoms with Crippen LogP contribution in [0.2, 0.25) is 0 Å². The first-order valence-electron chi connectivity index (χ1n) is 7.97. The highest BCUT2D eigenvalue weighted by Crippen LogP contribution is 2.45. The highest BCUT2D eigenvalue weighted by molar-refractivity contribution is 7.40. The van der Waals surface area contributed by atoms with Gasteiger partial charge in [0.1, 0.15) is 5.60 Å². The third kappa shape index (κ3) is 4.20. The summed E-state index contributed by atoms with van der Waals surface area (Å²) < 4.78 is 6.13. The second kappa shape index (κ2) is 6.34. The van der Waals surface area contributed by atoms with Gasteiger partial charge in [0.05, 0.1) is 5.16 Å². The van der Waals surface area contributed by atoms with Crippen LogP contribution in [0.15, 0.2) is 0 Å². The van der Waals surface area contributed by atoms with Gasteiger partial charge in [-0.05, 0) is 57.0 Å². The third-order valence-electron chi connectivity index (χ3n) is 4.68. The zero-order valence-corrected chi connectivity index (χ0v) is 15.4. The molecule has 1 rings (SSSR count). The first-order valence-corrected chi connectivity index (χ1v) is 9.47. The molecule has 0 heterocycles. The molecule has 3 heteroatoms. The van der Waals surface area contributed by atoms with Gasteiger partial charge in [0, 0.05) is 0 Å². The van der Waals surface area contributed by atoms with E-state index in [1.807, 2.05) is 0 Å². The van der Waals surface area contributed by atoms with Gasteiger partial charge in [-0.25, -0.2) is 0 Å². The van der Waals surface area contributed by atoms with Crippen molar-refractivity contribution in [2.45, 2.75) is 84.4 Å². The van der Waals surface area contributed by atoms with E-state index < -0.39 is 0 Å². The van der Waals surface area contributed by atoms with E-state index in [0.717, 1.165) is 19.3 Å².